The van der Waals surface area contributed by atoms with E-state index in [0.717, 1.165) is 62.9 Å². The molecule has 1 aliphatic rings. The third kappa shape index (κ3) is 11.1. The van der Waals surface area contributed by atoms with Gasteiger partial charge in [-0.3, -0.25) is 0 Å². The van der Waals surface area contributed by atoms with E-state index in [1.165, 1.54) is 44.5 Å². The SMILES string of the molecule is COCCOCCCC1(CCCOCCOC)c2cc(-c3ccc(OCCCCN)cc3)ccc2-c2ccc(-c3ccc(OCCCCN)cc3)cc21. The molecule has 0 radical (unpaired) electrons. The van der Waals surface area contributed by atoms with Crippen molar-refractivity contribution < 1.29 is 28.4 Å². The maximum Gasteiger partial charge on any atom is 0.119 e. The highest BCUT2D eigenvalue weighted by molar-refractivity contribution is 5.86. The van der Waals surface area contributed by atoms with Crippen LogP contribution in [-0.2, 0) is 24.4 Å². The highest BCUT2D eigenvalue weighted by Gasteiger charge is 2.42. The number of hydrogen-bond donors (Lipinski definition) is 2. The summed E-state index contributed by atoms with van der Waals surface area (Å²) in [5.41, 5.74) is 21.2. The second kappa shape index (κ2) is 21.8. The second-order valence-corrected chi connectivity index (χ2v) is 13.8. The van der Waals surface area contributed by atoms with Crippen molar-refractivity contribution in [2.24, 2.45) is 11.5 Å². The Morgan fingerprint density at radius 3 is 1.25 bits per heavy atom. The molecule has 4 aromatic rings. The molecule has 8 nitrogen and oxygen atoms in total. The van der Waals surface area contributed by atoms with Gasteiger partial charge < -0.3 is 39.9 Å². The van der Waals surface area contributed by atoms with Crippen molar-refractivity contribution in [2.75, 3.05) is 80.2 Å². The third-order valence-corrected chi connectivity index (χ3v) is 10.1. The highest BCUT2D eigenvalue weighted by atomic mass is 16.5. The van der Waals surface area contributed by atoms with Crippen molar-refractivity contribution in [1.82, 2.24) is 0 Å². The van der Waals surface area contributed by atoms with E-state index in [9.17, 15) is 0 Å². The number of hydrogen-bond acceptors (Lipinski definition) is 8. The van der Waals surface area contributed by atoms with Gasteiger partial charge in [0.15, 0.2) is 0 Å². The summed E-state index contributed by atoms with van der Waals surface area (Å²) in [6, 6.07) is 31.0. The smallest absolute Gasteiger partial charge is 0.119 e. The molecule has 0 spiro atoms. The predicted octanol–water partition coefficient (Wildman–Crippen LogP) is 8.41. The highest BCUT2D eigenvalue weighted by Crippen LogP contribution is 2.55. The standard InChI is InChI=1S/C45H60N2O6/c1-48-29-31-50-25-7-21-45(22-8-26-51-32-30-49-2)43-33-37(35-9-15-39(16-10-35)52-27-5-3-23-46)13-19-41(43)42-20-14-38(34-44(42)45)36-11-17-40(18-12-36)53-28-6-4-24-47/h9-20,33-34H,3-8,21-32,46-47H2,1-2H3. The molecule has 4 aromatic carbocycles. The minimum Gasteiger partial charge on any atom is -0.494 e. The van der Waals surface area contributed by atoms with Crippen LogP contribution in [0.5, 0.6) is 11.5 Å². The fraction of sp³-hybridized carbons (Fsp3) is 0.467. The number of ether oxygens (including phenoxy) is 6. The van der Waals surface area contributed by atoms with Gasteiger partial charge in [0.1, 0.15) is 11.5 Å². The van der Waals surface area contributed by atoms with Gasteiger partial charge in [-0.15, -0.1) is 0 Å². The molecular weight excluding hydrogens is 665 g/mol. The van der Waals surface area contributed by atoms with E-state index >= 15 is 0 Å². The first-order chi connectivity index (χ1) is 26.1. The minimum atomic E-state index is -0.218. The lowest BCUT2D eigenvalue weighted by Gasteiger charge is -2.33. The summed E-state index contributed by atoms with van der Waals surface area (Å²) in [5, 5.41) is 0. The lowest BCUT2D eigenvalue weighted by atomic mass is 9.70. The van der Waals surface area contributed by atoms with E-state index in [4.69, 9.17) is 39.9 Å². The molecule has 0 aromatic heterocycles. The number of fused-ring (bicyclic) bond motifs is 3. The lowest BCUT2D eigenvalue weighted by molar-refractivity contribution is 0.0629. The van der Waals surface area contributed by atoms with Gasteiger partial charge in [0.25, 0.3) is 0 Å². The zero-order chi connectivity index (χ0) is 37.1. The van der Waals surface area contributed by atoms with Gasteiger partial charge >= 0.3 is 0 Å². The van der Waals surface area contributed by atoms with E-state index in [2.05, 4.69) is 84.9 Å². The van der Waals surface area contributed by atoms with Gasteiger partial charge in [-0.05, 0) is 145 Å². The van der Waals surface area contributed by atoms with Gasteiger partial charge in [0, 0.05) is 32.8 Å². The van der Waals surface area contributed by atoms with Crippen LogP contribution in [-0.4, -0.2) is 80.2 Å². The fourth-order valence-electron chi connectivity index (χ4n) is 7.32. The number of unbranched alkanes of at least 4 members (excludes halogenated alkanes) is 2. The zero-order valence-corrected chi connectivity index (χ0v) is 31.9. The summed E-state index contributed by atoms with van der Waals surface area (Å²) in [6.07, 6.45) is 7.60. The fourth-order valence-corrected chi connectivity index (χ4v) is 7.32. The summed E-state index contributed by atoms with van der Waals surface area (Å²) in [4.78, 5) is 0. The van der Waals surface area contributed by atoms with Crippen LogP contribution in [0.1, 0.15) is 62.5 Å². The van der Waals surface area contributed by atoms with E-state index in [0.29, 0.717) is 65.9 Å². The van der Waals surface area contributed by atoms with E-state index in [-0.39, 0.29) is 5.41 Å². The first-order valence-electron chi connectivity index (χ1n) is 19.4. The van der Waals surface area contributed by atoms with Gasteiger partial charge in [0.05, 0.1) is 39.6 Å². The molecule has 0 bridgehead atoms. The maximum atomic E-state index is 6.02. The monoisotopic (exact) mass is 724 g/mol. The van der Waals surface area contributed by atoms with Crippen LogP contribution in [0, 0.1) is 0 Å². The Balaban J connectivity index is 1.48. The van der Waals surface area contributed by atoms with Crippen molar-refractivity contribution in [1.29, 1.82) is 0 Å². The number of nitrogens with two attached hydrogens (primary N) is 2. The normalized spacial score (nSPS) is 12.8. The van der Waals surface area contributed by atoms with E-state index in [1.54, 1.807) is 14.2 Å². The summed E-state index contributed by atoms with van der Waals surface area (Å²) in [7, 11) is 3.42. The molecule has 0 saturated carbocycles. The van der Waals surface area contributed by atoms with Crippen molar-refractivity contribution in [3.63, 3.8) is 0 Å². The Morgan fingerprint density at radius 2 is 0.849 bits per heavy atom. The molecule has 0 saturated heterocycles. The lowest BCUT2D eigenvalue weighted by Crippen LogP contribution is -2.27. The second-order valence-electron chi connectivity index (χ2n) is 13.8. The maximum absolute atomic E-state index is 6.02. The van der Waals surface area contributed by atoms with Crippen LogP contribution in [0.2, 0.25) is 0 Å². The Morgan fingerprint density at radius 1 is 0.434 bits per heavy atom. The Labute approximate surface area is 317 Å². The summed E-state index contributed by atoms with van der Waals surface area (Å²) >= 11 is 0. The molecule has 0 atom stereocenters. The molecule has 0 amide bonds. The average Bonchev–Trinajstić information content (AvgIpc) is 3.46. The molecule has 0 unspecified atom stereocenters. The van der Waals surface area contributed by atoms with Crippen LogP contribution >= 0.6 is 0 Å². The van der Waals surface area contributed by atoms with Crippen molar-refractivity contribution in [3.05, 3.63) is 96.1 Å². The first-order valence-corrected chi connectivity index (χ1v) is 19.4. The van der Waals surface area contributed by atoms with Crippen LogP contribution in [0.4, 0.5) is 0 Å². The first kappa shape index (κ1) is 40.4. The van der Waals surface area contributed by atoms with Crippen LogP contribution in [0.25, 0.3) is 33.4 Å². The van der Waals surface area contributed by atoms with Crippen LogP contribution in [0.3, 0.4) is 0 Å². The number of methoxy groups -OCH3 is 2. The summed E-state index contributed by atoms with van der Waals surface area (Å²) in [5.74, 6) is 1.77. The molecular formula is C45H60N2O6. The minimum absolute atomic E-state index is 0.218. The topological polar surface area (TPSA) is 107 Å². The average molecular weight is 725 g/mol. The van der Waals surface area contributed by atoms with Gasteiger partial charge in [-0.1, -0.05) is 48.5 Å². The van der Waals surface area contributed by atoms with Crippen LogP contribution in [0.15, 0.2) is 84.9 Å². The zero-order valence-electron chi connectivity index (χ0n) is 31.9. The largest absolute Gasteiger partial charge is 0.494 e. The number of rotatable bonds is 26. The Hall–Kier alpha value is -3.76. The Bertz CT molecular complexity index is 1520. The predicted molar refractivity (Wildman–Crippen MR) is 215 cm³/mol. The molecule has 0 fully saturated rings. The third-order valence-electron chi connectivity index (χ3n) is 10.1. The molecule has 286 valence electrons. The number of benzene rings is 4. The van der Waals surface area contributed by atoms with Gasteiger partial charge in [-0.25, -0.2) is 0 Å². The summed E-state index contributed by atoms with van der Waals surface area (Å²) < 4.78 is 34.5. The molecule has 1 aliphatic carbocycles. The van der Waals surface area contributed by atoms with Crippen molar-refractivity contribution >= 4 is 0 Å². The molecule has 0 aliphatic heterocycles. The molecule has 53 heavy (non-hydrogen) atoms. The summed E-state index contributed by atoms with van der Waals surface area (Å²) in [6.45, 7) is 6.47. The van der Waals surface area contributed by atoms with Gasteiger partial charge in [-0.2, -0.15) is 0 Å². The molecule has 8 heteroatoms. The van der Waals surface area contributed by atoms with Crippen LogP contribution < -0.4 is 20.9 Å². The van der Waals surface area contributed by atoms with E-state index < -0.39 is 0 Å². The molecule has 5 rings (SSSR count). The van der Waals surface area contributed by atoms with E-state index in [1.807, 2.05) is 0 Å². The van der Waals surface area contributed by atoms with Crippen molar-refractivity contribution in [3.8, 4) is 44.9 Å². The van der Waals surface area contributed by atoms with Crippen molar-refractivity contribution in [2.45, 2.75) is 56.8 Å². The quantitative estimate of drug-likeness (QED) is 0.0622. The molecule has 4 N–H and O–H groups in total. The molecule has 0 heterocycles. The van der Waals surface area contributed by atoms with Gasteiger partial charge in [0.2, 0.25) is 0 Å². The Kier molecular flexibility index (Phi) is 16.6.